The Kier molecular flexibility index (Phi) is 51.6. The predicted octanol–water partition coefficient (Wildman–Crippen LogP) is 5.90. The van der Waals surface area contributed by atoms with Gasteiger partial charge in [0.25, 0.3) is 0 Å². The summed E-state index contributed by atoms with van der Waals surface area (Å²) in [6.45, 7) is 9.96. The molecule has 17 heteroatoms. The smallest absolute Gasteiger partial charge is 0.326 e. The van der Waals surface area contributed by atoms with E-state index >= 15 is 0 Å². The van der Waals surface area contributed by atoms with Gasteiger partial charge in [-0.25, -0.2) is 0 Å². The SMILES string of the molecule is C=CCOCCC(=O)Cl.C=CCOCCC(=O)O.CCCCOCCC(=O)Cl.Cl[SiH](Cl)Cl.O=C(Cl)C(=O)Cl. The third-order valence-electron chi connectivity index (χ3n) is 2.61. The van der Waals surface area contributed by atoms with Gasteiger partial charge >= 0.3 is 23.2 Å². The van der Waals surface area contributed by atoms with Crippen molar-refractivity contribution in [2.75, 3.05) is 39.6 Å². The van der Waals surface area contributed by atoms with Crippen LogP contribution in [0.1, 0.15) is 39.0 Å². The van der Waals surface area contributed by atoms with Crippen LogP contribution in [0, 0.1) is 0 Å². The molecular weight excluding hydrogens is 672 g/mol. The van der Waals surface area contributed by atoms with Crippen LogP contribution in [0.5, 0.6) is 0 Å². The first-order valence-electron chi connectivity index (χ1n) is 10.5. The van der Waals surface area contributed by atoms with Crippen LogP contribution in [0.2, 0.25) is 0 Å². The molecule has 0 aliphatic carbocycles. The predicted molar refractivity (Wildman–Crippen MR) is 157 cm³/mol. The van der Waals surface area contributed by atoms with Crippen molar-refractivity contribution in [2.24, 2.45) is 0 Å². The van der Waals surface area contributed by atoms with Gasteiger partial charge in [0, 0.05) is 19.4 Å². The fourth-order valence-electron chi connectivity index (χ4n) is 1.15. The van der Waals surface area contributed by atoms with E-state index in [0.717, 1.165) is 19.4 Å². The molecular formula is C21H33Cl7O9Si. The second-order valence-electron chi connectivity index (χ2n) is 5.84. The van der Waals surface area contributed by atoms with Gasteiger partial charge in [-0.3, -0.25) is 24.0 Å². The number of unbranched alkanes of at least 4 members (excludes halogenated alkanes) is 1. The van der Waals surface area contributed by atoms with Crippen LogP contribution in [0.25, 0.3) is 0 Å². The van der Waals surface area contributed by atoms with Gasteiger partial charge in [0.2, 0.25) is 10.5 Å². The number of halogens is 7. The molecule has 0 aliphatic rings. The zero-order chi connectivity index (χ0) is 30.8. The molecule has 0 fully saturated rings. The Bertz CT molecular complexity index is 599. The normalized spacial score (nSPS) is 8.97. The summed E-state index contributed by atoms with van der Waals surface area (Å²) in [5.74, 6) is -0.834. The van der Waals surface area contributed by atoms with Crippen molar-refractivity contribution in [3.8, 4) is 0 Å². The molecule has 0 aromatic rings. The molecule has 0 aromatic heterocycles. The van der Waals surface area contributed by atoms with E-state index < -0.39 is 23.2 Å². The van der Waals surface area contributed by atoms with E-state index in [4.69, 9.17) is 75.8 Å². The number of rotatable bonds is 17. The Labute approximate surface area is 259 Å². The maximum atomic E-state index is 10.2. The van der Waals surface area contributed by atoms with Crippen LogP contribution in [0.3, 0.4) is 0 Å². The van der Waals surface area contributed by atoms with Gasteiger partial charge in [0.1, 0.15) is 0 Å². The maximum Gasteiger partial charge on any atom is 0.326 e. The number of carbonyl (C=O) groups is 5. The molecule has 0 bridgehead atoms. The summed E-state index contributed by atoms with van der Waals surface area (Å²) in [5.41, 5.74) is 0. The van der Waals surface area contributed by atoms with E-state index in [1.54, 1.807) is 12.2 Å². The maximum absolute atomic E-state index is 10.2. The molecule has 0 amide bonds. The average Bonchev–Trinajstić information content (AvgIpc) is 2.80. The van der Waals surface area contributed by atoms with Crippen LogP contribution in [-0.2, 0) is 38.2 Å². The van der Waals surface area contributed by atoms with E-state index in [1.165, 1.54) is 0 Å². The fourth-order valence-corrected chi connectivity index (χ4v) is 1.30. The average molecular weight is 706 g/mol. The Morgan fingerprint density at radius 2 is 1.05 bits per heavy atom. The van der Waals surface area contributed by atoms with Gasteiger partial charge in [-0.2, -0.15) is 0 Å². The van der Waals surface area contributed by atoms with Crippen molar-refractivity contribution < 1.29 is 43.3 Å². The molecule has 1 N–H and O–H groups in total. The lowest BCUT2D eigenvalue weighted by molar-refractivity contribution is -0.138. The number of aliphatic carboxylic acids is 1. The zero-order valence-corrected chi connectivity index (χ0v) is 27.2. The van der Waals surface area contributed by atoms with Crippen molar-refractivity contribution in [3.05, 3.63) is 25.3 Å². The Morgan fingerprint density at radius 1 is 0.711 bits per heavy atom. The molecule has 0 aromatic carbocycles. The van der Waals surface area contributed by atoms with E-state index in [1.807, 2.05) is 0 Å². The molecule has 0 spiro atoms. The van der Waals surface area contributed by atoms with E-state index in [-0.39, 0.29) is 29.9 Å². The lowest BCUT2D eigenvalue weighted by atomic mass is 10.4. The molecule has 0 atom stereocenters. The van der Waals surface area contributed by atoms with Crippen LogP contribution < -0.4 is 0 Å². The van der Waals surface area contributed by atoms with Gasteiger partial charge in [-0.05, 0) is 52.8 Å². The number of carbonyl (C=O) groups excluding carboxylic acids is 4. The highest BCUT2D eigenvalue weighted by atomic mass is 35.8. The summed E-state index contributed by atoms with van der Waals surface area (Å²) in [6.07, 6.45) is 6.04. The summed E-state index contributed by atoms with van der Waals surface area (Å²) in [4.78, 5) is 48.9. The third-order valence-corrected chi connectivity index (χ3v) is 3.43. The lowest BCUT2D eigenvalue weighted by Crippen LogP contribution is -2.02. The minimum Gasteiger partial charge on any atom is -0.481 e. The largest absolute Gasteiger partial charge is 0.481 e. The van der Waals surface area contributed by atoms with Crippen molar-refractivity contribution in [2.45, 2.75) is 39.0 Å². The van der Waals surface area contributed by atoms with Crippen molar-refractivity contribution >= 4 is 113 Å². The summed E-state index contributed by atoms with van der Waals surface area (Å²) in [7, 11) is 0. The third kappa shape index (κ3) is 83.4. The van der Waals surface area contributed by atoms with Crippen LogP contribution in [0.4, 0.5) is 0 Å². The summed E-state index contributed by atoms with van der Waals surface area (Å²) in [6, 6.07) is 0. The highest BCUT2D eigenvalue weighted by Crippen LogP contribution is 1.97. The van der Waals surface area contributed by atoms with Gasteiger partial charge < -0.3 is 19.3 Å². The topological polar surface area (TPSA) is 133 Å². The quantitative estimate of drug-likeness (QED) is 0.0490. The van der Waals surface area contributed by atoms with Gasteiger partial charge in [0.05, 0.1) is 39.5 Å². The molecule has 9 nitrogen and oxygen atoms in total. The van der Waals surface area contributed by atoms with Crippen LogP contribution >= 0.6 is 79.6 Å². The van der Waals surface area contributed by atoms with Crippen LogP contribution in [-0.4, -0.2) is 78.4 Å². The Morgan fingerprint density at radius 3 is 1.32 bits per heavy atom. The second-order valence-corrected chi connectivity index (χ2v) is 13.8. The second kappa shape index (κ2) is 41.2. The lowest BCUT2D eigenvalue weighted by Gasteiger charge is -1.98. The fraction of sp³-hybridized carbons (Fsp3) is 0.571. The minimum atomic E-state index is -1.72. The molecule has 0 saturated heterocycles. The zero-order valence-electron chi connectivity index (χ0n) is 20.8. The van der Waals surface area contributed by atoms with Crippen molar-refractivity contribution in [3.63, 3.8) is 0 Å². The Balaban J connectivity index is -0.000000123. The van der Waals surface area contributed by atoms with Gasteiger partial charge in [0.15, 0.2) is 0 Å². The molecule has 0 saturated carbocycles. The molecule has 0 unspecified atom stereocenters. The first-order valence-corrected chi connectivity index (χ1v) is 17.3. The first kappa shape index (κ1) is 47.5. The highest BCUT2D eigenvalue weighted by Gasteiger charge is 2.02. The molecule has 0 heterocycles. The number of carboxylic acids is 1. The van der Waals surface area contributed by atoms with Crippen LogP contribution in [0.15, 0.2) is 25.3 Å². The van der Waals surface area contributed by atoms with Crippen molar-refractivity contribution in [1.82, 2.24) is 0 Å². The van der Waals surface area contributed by atoms with E-state index in [2.05, 4.69) is 43.3 Å². The number of carboxylic acid groups (broad SMARTS) is 1. The first-order chi connectivity index (χ1) is 17.7. The van der Waals surface area contributed by atoms with Gasteiger partial charge in [-0.15, -0.1) is 46.4 Å². The van der Waals surface area contributed by atoms with Gasteiger partial charge in [-0.1, -0.05) is 25.5 Å². The Hall–Kier alpha value is -0.243. The molecule has 224 valence electrons. The monoisotopic (exact) mass is 702 g/mol. The summed E-state index contributed by atoms with van der Waals surface area (Å²) in [5, 5.41) is 5.14. The molecule has 0 aliphatic heterocycles. The summed E-state index contributed by atoms with van der Waals surface area (Å²) >= 11 is 33.9. The summed E-state index contributed by atoms with van der Waals surface area (Å²) < 4.78 is 14.7. The highest BCUT2D eigenvalue weighted by molar-refractivity contribution is 7.54. The van der Waals surface area contributed by atoms with E-state index in [9.17, 15) is 24.0 Å². The molecule has 0 radical (unpaired) electrons. The minimum absolute atomic E-state index is 0.0633. The number of hydrogen-bond acceptors (Lipinski definition) is 8. The standard InChI is InChI=1S/C7H13ClO2.C6H9ClO2.C6H10O3.C2Cl2O2.Cl3HSi/c1-2-3-5-10-6-4-7(8)9;2*1-2-4-9-5-3-6(7)8;3-1(5)2(4)6;1-4(2)3/h2-6H2,1H3;2H,1,3-5H2;2H,1,3-5H2,(H,7,8);;4H. The molecule has 38 heavy (non-hydrogen) atoms. The molecule has 0 rings (SSSR count). The van der Waals surface area contributed by atoms with E-state index in [0.29, 0.717) is 32.8 Å². The number of hydrogen-bond donors (Lipinski definition) is 1. The van der Waals surface area contributed by atoms with Crippen molar-refractivity contribution in [1.29, 1.82) is 0 Å². The number of ether oxygens (including phenoxy) is 3.